The minimum atomic E-state index is -2.74. The van der Waals surface area contributed by atoms with E-state index in [1.54, 1.807) is 0 Å². The third kappa shape index (κ3) is 9.67. The van der Waals surface area contributed by atoms with Crippen LogP contribution in [0.4, 0.5) is 0 Å². The first-order valence-corrected chi connectivity index (χ1v) is 3.17. The van der Waals surface area contributed by atoms with E-state index in [4.69, 9.17) is 20.4 Å². The molecule has 0 fully saturated rings. The zero-order chi connectivity index (χ0) is 10.6. The zero-order valence-corrected chi connectivity index (χ0v) is 15.4. The molecule has 2 radical (unpaired) electrons. The van der Waals surface area contributed by atoms with Crippen LogP contribution in [0.3, 0.4) is 0 Å². The standard InChI is InChI=1S/C6H8O7.ClH.Na.Sn.3H/c7-3(8)1-6(13,5(11)12)2-4(9)10;;;;;;/h13H,1-2H2,(H,7,8)(H,9,10)(H,11,12);1H;;;;;/q;;+1;;;;-1. The summed E-state index contributed by atoms with van der Waals surface area (Å²) in [5.41, 5.74) is -2.74. The van der Waals surface area contributed by atoms with E-state index in [-0.39, 0.29) is 67.3 Å². The van der Waals surface area contributed by atoms with Gasteiger partial charge in [0.25, 0.3) is 0 Å². The first kappa shape index (κ1) is 25.3. The molecule has 0 atom stereocenters. The summed E-state index contributed by atoms with van der Waals surface area (Å²) >= 11 is 0. The van der Waals surface area contributed by atoms with Crippen molar-refractivity contribution in [2.75, 3.05) is 0 Å². The molecule has 0 saturated carbocycles. The van der Waals surface area contributed by atoms with Crippen molar-refractivity contribution >= 4 is 54.2 Å². The Balaban J connectivity index is -0.000000120. The molecule has 7 nitrogen and oxygen atoms in total. The van der Waals surface area contributed by atoms with Crippen molar-refractivity contribution < 1.29 is 65.8 Å². The molecule has 0 aliphatic heterocycles. The topological polar surface area (TPSA) is 132 Å². The Labute approximate surface area is 137 Å². The van der Waals surface area contributed by atoms with Gasteiger partial charge in [-0.2, -0.15) is 0 Å². The van der Waals surface area contributed by atoms with Crippen molar-refractivity contribution in [3.63, 3.8) is 0 Å². The number of aliphatic carboxylic acids is 3. The first-order valence-electron chi connectivity index (χ1n) is 3.17. The molecule has 0 aromatic rings. The minimum absolute atomic E-state index is 0. The summed E-state index contributed by atoms with van der Waals surface area (Å²) in [7, 11) is 0. The van der Waals surface area contributed by atoms with Crippen LogP contribution in [0.1, 0.15) is 14.3 Å². The third-order valence-corrected chi connectivity index (χ3v) is 1.29. The van der Waals surface area contributed by atoms with Gasteiger partial charge in [0.1, 0.15) is 0 Å². The molecular weight excluding hydrogens is 361 g/mol. The molecule has 0 aromatic heterocycles. The van der Waals surface area contributed by atoms with Crippen molar-refractivity contribution in [2.24, 2.45) is 0 Å². The molecule has 10 heteroatoms. The van der Waals surface area contributed by atoms with Gasteiger partial charge >= 0.3 is 71.4 Å². The molecule has 0 amide bonds. The molecule has 0 aliphatic carbocycles. The number of hydrogen-bond donors (Lipinski definition) is 4. The fraction of sp³-hybridized carbons (Fsp3) is 0.500. The fourth-order valence-electron chi connectivity index (χ4n) is 0.714. The van der Waals surface area contributed by atoms with Gasteiger partial charge in [-0.1, -0.05) is 0 Å². The number of rotatable bonds is 5. The van der Waals surface area contributed by atoms with E-state index < -0.39 is 36.4 Å². The van der Waals surface area contributed by atoms with Gasteiger partial charge in [0.2, 0.25) is 0 Å². The van der Waals surface area contributed by atoms with Crippen LogP contribution in [0, 0.1) is 0 Å². The normalized spacial score (nSPS) is 8.81. The Morgan fingerprint density at radius 2 is 1.25 bits per heavy atom. The number of halogens is 1. The number of aliphatic hydroxyl groups is 1. The third-order valence-electron chi connectivity index (χ3n) is 1.29. The van der Waals surface area contributed by atoms with Crippen molar-refractivity contribution in [3.8, 4) is 0 Å². The average Bonchev–Trinajstić information content (AvgIpc) is 1.82. The predicted octanol–water partition coefficient (Wildman–Crippen LogP) is -4.63. The van der Waals surface area contributed by atoms with E-state index in [2.05, 4.69) is 0 Å². The second-order valence-electron chi connectivity index (χ2n) is 2.48. The maximum absolute atomic E-state index is 10.3. The molecule has 16 heavy (non-hydrogen) atoms. The summed E-state index contributed by atoms with van der Waals surface area (Å²) in [6, 6.07) is 0. The molecule has 0 unspecified atom stereocenters. The molecule has 0 heterocycles. The Morgan fingerprint density at radius 1 is 1.00 bits per heavy atom. The van der Waals surface area contributed by atoms with Crippen LogP contribution >= 0.6 is 12.4 Å². The van der Waals surface area contributed by atoms with Gasteiger partial charge in [0, 0.05) is 0 Å². The van der Waals surface area contributed by atoms with Gasteiger partial charge < -0.3 is 21.9 Å². The molecule has 4 N–H and O–H groups in total. The van der Waals surface area contributed by atoms with Crippen LogP contribution in [0.15, 0.2) is 0 Å². The van der Waals surface area contributed by atoms with Crippen molar-refractivity contribution in [2.45, 2.75) is 18.4 Å². The van der Waals surface area contributed by atoms with E-state index in [0.29, 0.717) is 0 Å². The Hall–Kier alpha value is 0.459. The van der Waals surface area contributed by atoms with E-state index >= 15 is 0 Å². The van der Waals surface area contributed by atoms with Crippen molar-refractivity contribution in [1.29, 1.82) is 0 Å². The Kier molecular flexibility index (Phi) is 16.8. The van der Waals surface area contributed by atoms with Gasteiger partial charge in [-0.3, -0.25) is 9.59 Å². The molecule has 0 rings (SSSR count). The van der Waals surface area contributed by atoms with Crippen LogP contribution < -0.4 is 29.6 Å². The second-order valence-corrected chi connectivity index (χ2v) is 2.48. The van der Waals surface area contributed by atoms with E-state index in [1.165, 1.54) is 0 Å². The number of carboxylic acid groups (broad SMARTS) is 3. The SMILES string of the molecule is Cl.O=C(O)CC(O)(CC(=O)O)C(=O)O.[H-].[Na+].[SnH2]. The number of hydrogen-bond acceptors (Lipinski definition) is 4. The van der Waals surface area contributed by atoms with Crippen LogP contribution in [-0.2, 0) is 14.4 Å². The quantitative estimate of drug-likeness (QED) is 0.357. The van der Waals surface area contributed by atoms with Gasteiger partial charge in [-0.15, -0.1) is 12.4 Å². The fourth-order valence-corrected chi connectivity index (χ4v) is 0.714. The van der Waals surface area contributed by atoms with Gasteiger partial charge in [-0.05, 0) is 0 Å². The maximum atomic E-state index is 10.3. The molecule has 0 bridgehead atoms. The molecular formula is C6H12ClNaO7Sn. The summed E-state index contributed by atoms with van der Waals surface area (Å²) in [6.07, 6.45) is -2.29. The van der Waals surface area contributed by atoms with Crippen molar-refractivity contribution in [3.05, 3.63) is 0 Å². The molecule has 0 aromatic carbocycles. The van der Waals surface area contributed by atoms with Crippen LogP contribution in [-0.4, -0.2) is 67.8 Å². The monoisotopic (exact) mass is 374 g/mol. The van der Waals surface area contributed by atoms with Crippen LogP contribution in [0.25, 0.3) is 0 Å². The Bertz CT molecular complexity index is 249. The van der Waals surface area contributed by atoms with Crippen LogP contribution in [0.5, 0.6) is 0 Å². The molecule has 0 saturated heterocycles. The molecule has 90 valence electrons. The zero-order valence-electron chi connectivity index (χ0n) is 9.54. The van der Waals surface area contributed by atoms with E-state index in [0.717, 1.165) is 0 Å². The van der Waals surface area contributed by atoms with Crippen LogP contribution in [0.2, 0.25) is 0 Å². The summed E-state index contributed by atoms with van der Waals surface area (Å²) in [4.78, 5) is 30.5. The van der Waals surface area contributed by atoms with Crippen molar-refractivity contribution in [1.82, 2.24) is 0 Å². The van der Waals surface area contributed by atoms with Gasteiger partial charge in [0.05, 0.1) is 12.8 Å². The van der Waals surface area contributed by atoms with E-state index in [1.807, 2.05) is 0 Å². The summed E-state index contributed by atoms with van der Waals surface area (Å²) in [5, 5.41) is 33.8. The molecule has 0 spiro atoms. The predicted molar refractivity (Wildman–Crippen MR) is 54.0 cm³/mol. The first-order chi connectivity index (χ1) is 5.78. The van der Waals surface area contributed by atoms with Gasteiger partial charge in [0.15, 0.2) is 5.60 Å². The molecule has 0 aliphatic rings. The summed E-state index contributed by atoms with van der Waals surface area (Å²) < 4.78 is 0. The average molecular weight is 373 g/mol. The number of carbonyl (C=O) groups is 3. The second kappa shape index (κ2) is 10.6. The number of carboxylic acids is 3. The Morgan fingerprint density at radius 3 is 1.38 bits per heavy atom. The van der Waals surface area contributed by atoms with E-state index in [9.17, 15) is 14.4 Å². The summed E-state index contributed by atoms with van der Waals surface area (Å²) in [6.45, 7) is 0. The summed E-state index contributed by atoms with van der Waals surface area (Å²) in [5.74, 6) is -5.02. The van der Waals surface area contributed by atoms with Gasteiger partial charge in [-0.25, -0.2) is 4.79 Å².